The van der Waals surface area contributed by atoms with Crippen molar-refractivity contribution in [1.82, 2.24) is 0 Å². The molecule has 2 amide bonds. The predicted octanol–water partition coefficient (Wildman–Crippen LogP) is 0.285. The molecule has 0 radical (unpaired) electrons. The molecule has 0 atom stereocenters. The summed E-state index contributed by atoms with van der Waals surface area (Å²) < 4.78 is 4.58. The Morgan fingerprint density at radius 3 is 2.33 bits per heavy atom. The molecule has 0 spiro atoms. The van der Waals surface area contributed by atoms with E-state index >= 15 is 0 Å². The van der Waals surface area contributed by atoms with Gasteiger partial charge in [0.25, 0.3) is 5.91 Å². The Balaban J connectivity index is 2.99. The molecule has 0 aliphatic heterocycles. The lowest BCUT2D eigenvalue weighted by molar-refractivity contribution is 0.0951. The van der Waals surface area contributed by atoms with Crippen LogP contribution in [0.5, 0.6) is 0 Å². The zero-order valence-electron chi connectivity index (χ0n) is 5.81. The summed E-state index contributed by atoms with van der Waals surface area (Å²) in [4.78, 5) is 30.7. The first-order chi connectivity index (χ1) is 5.65. The van der Waals surface area contributed by atoms with Gasteiger partial charge >= 0.3 is 5.91 Å². The molecule has 12 heavy (non-hydrogen) atoms. The summed E-state index contributed by atoms with van der Waals surface area (Å²) in [6.07, 6.45) is 0. The van der Waals surface area contributed by atoms with E-state index in [4.69, 9.17) is 5.73 Å². The third kappa shape index (κ3) is 1.36. The Bertz CT molecular complexity index is 341. The molecule has 0 aliphatic carbocycles. The van der Waals surface area contributed by atoms with Gasteiger partial charge < -0.3 is 10.2 Å². The summed E-state index contributed by atoms with van der Waals surface area (Å²) in [5.74, 6) is -2.34. The van der Waals surface area contributed by atoms with Crippen molar-refractivity contribution in [3.63, 3.8) is 0 Å². The van der Waals surface area contributed by atoms with Crippen molar-refractivity contribution in [3.05, 3.63) is 28.6 Å². The van der Waals surface area contributed by atoms with Crippen LogP contribution in [0.25, 0.3) is 0 Å². The molecule has 1 rings (SSSR count). The number of rotatable bonds is 2. The summed E-state index contributed by atoms with van der Waals surface area (Å²) in [7, 11) is 0. The molecule has 2 N–H and O–H groups in total. The fraction of sp³-hybridized carbons (Fsp3) is 0. The fourth-order valence-electron chi connectivity index (χ4n) is 0.630. The molecule has 62 valence electrons. The lowest BCUT2D eigenvalue weighted by Crippen LogP contribution is -2.09. The highest BCUT2D eigenvalue weighted by Gasteiger charge is 2.13. The van der Waals surface area contributed by atoms with Gasteiger partial charge in [0.05, 0.1) is 0 Å². The fourth-order valence-corrected chi connectivity index (χ4v) is 0.630. The summed E-state index contributed by atoms with van der Waals surface area (Å²) in [5, 5.41) is 2.10. The first kappa shape index (κ1) is 8.12. The van der Waals surface area contributed by atoms with Crippen molar-refractivity contribution in [2.45, 2.75) is 0 Å². The number of nitrogens with two attached hydrogens (primary N) is 1. The van der Waals surface area contributed by atoms with E-state index in [-0.39, 0.29) is 11.5 Å². The summed E-state index contributed by atoms with van der Waals surface area (Å²) in [5.41, 5.74) is 4.82. The highest BCUT2D eigenvalue weighted by molar-refractivity contribution is 5.95. The molecule has 0 unspecified atom stereocenters. The van der Waals surface area contributed by atoms with E-state index in [0.29, 0.717) is 0 Å². The van der Waals surface area contributed by atoms with E-state index < -0.39 is 11.8 Å². The molecule has 0 aliphatic rings. The van der Waals surface area contributed by atoms with Crippen LogP contribution in [0.4, 0.5) is 0 Å². The number of hydrogen-bond acceptors (Lipinski definition) is 4. The minimum absolute atomic E-state index is 0.179. The molecule has 1 aromatic heterocycles. The second kappa shape index (κ2) is 2.95. The van der Waals surface area contributed by atoms with Crippen molar-refractivity contribution >= 4 is 11.8 Å². The van der Waals surface area contributed by atoms with Gasteiger partial charge in [0, 0.05) is 5.18 Å². The molecule has 0 bridgehead atoms. The van der Waals surface area contributed by atoms with E-state index in [2.05, 4.69) is 9.59 Å². The molecule has 0 saturated heterocycles. The standard InChI is InChI=1S/C6H4N2O4/c7-5(9)3-1-2-4(12-3)6(10)8-11/h1-2H,(H2,7,9). The Morgan fingerprint density at radius 2 is 1.92 bits per heavy atom. The van der Waals surface area contributed by atoms with Crippen molar-refractivity contribution in [2.75, 3.05) is 0 Å². The van der Waals surface area contributed by atoms with Crippen molar-refractivity contribution < 1.29 is 14.0 Å². The Kier molecular flexibility index (Phi) is 2.00. The van der Waals surface area contributed by atoms with E-state index in [1.807, 2.05) is 0 Å². The van der Waals surface area contributed by atoms with E-state index in [9.17, 15) is 14.5 Å². The quantitative estimate of drug-likeness (QED) is 0.640. The van der Waals surface area contributed by atoms with Gasteiger partial charge in [-0.1, -0.05) is 0 Å². The molecule has 0 saturated carbocycles. The normalized spacial score (nSPS) is 9.33. The summed E-state index contributed by atoms with van der Waals surface area (Å²) in [6.45, 7) is 0. The number of carbonyl (C=O) groups is 2. The number of furan rings is 1. The van der Waals surface area contributed by atoms with Crippen LogP contribution in [0.3, 0.4) is 0 Å². The van der Waals surface area contributed by atoms with Crippen LogP contribution in [0.15, 0.2) is 21.7 Å². The van der Waals surface area contributed by atoms with Crippen LogP contribution >= 0.6 is 0 Å². The van der Waals surface area contributed by atoms with E-state index in [1.54, 1.807) is 0 Å². The van der Waals surface area contributed by atoms with E-state index in [1.165, 1.54) is 6.07 Å². The SMILES string of the molecule is NC(=O)c1ccc(C(=O)N=O)o1. The second-order valence-electron chi connectivity index (χ2n) is 1.92. The molecule has 6 nitrogen and oxygen atoms in total. The first-order valence-electron chi connectivity index (χ1n) is 2.92. The van der Waals surface area contributed by atoms with Gasteiger partial charge in [-0.15, -0.1) is 4.91 Å². The molecule has 0 aromatic carbocycles. The topological polar surface area (TPSA) is 103 Å². The highest BCUT2D eigenvalue weighted by Crippen LogP contribution is 2.07. The summed E-state index contributed by atoms with van der Waals surface area (Å²) >= 11 is 0. The molecule has 0 fully saturated rings. The lowest BCUT2D eigenvalue weighted by Gasteiger charge is -1.85. The molecule has 1 aromatic rings. The van der Waals surface area contributed by atoms with Crippen molar-refractivity contribution in [1.29, 1.82) is 0 Å². The van der Waals surface area contributed by atoms with Gasteiger partial charge in [-0.25, -0.2) is 0 Å². The zero-order valence-corrected chi connectivity index (χ0v) is 5.81. The van der Waals surface area contributed by atoms with Crippen LogP contribution in [-0.4, -0.2) is 11.8 Å². The predicted molar refractivity (Wildman–Crippen MR) is 37.4 cm³/mol. The van der Waals surface area contributed by atoms with Crippen LogP contribution in [-0.2, 0) is 0 Å². The molecular formula is C6H4N2O4. The van der Waals surface area contributed by atoms with Crippen molar-refractivity contribution in [2.24, 2.45) is 10.9 Å². The van der Waals surface area contributed by atoms with Gasteiger partial charge in [0.2, 0.25) is 0 Å². The Morgan fingerprint density at radius 1 is 1.33 bits per heavy atom. The number of primary amides is 1. The minimum atomic E-state index is -1.07. The highest BCUT2D eigenvalue weighted by atomic mass is 16.4. The van der Waals surface area contributed by atoms with Gasteiger partial charge in [-0.3, -0.25) is 9.59 Å². The third-order valence-electron chi connectivity index (χ3n) is 1.14. The van der Waals surface area contributed by atoms with Gasteiger partial charge in [-0.2, -0.15) is 0 Å². The molecule has 6 heteroatoms. The first-order valence-corrected chi connectivity index (χ1v) is 2.92. The number of amides is 2. The number of nitroso groups, excluding NO2 is 1. The van der Waals surface area contributed by atoms with Crippen LogP contribution < -0.4 is 5.73 Å². The maximum absolute atomic E-state index is 10.5. The number of hydrogen-bond donors (Lipinski definition) is 1. The number of carbonyl (C=O) groups excluding carboxylic acids is 2. The monoisotopic (exact) mass is 168 g/mol. The van der Waals surface area contributed by atoms with Gasteiger partial charge in [-0.05, 0) is 12.1 Å². The third-order valence-corrected chi connectivity index (χ3v) is 1.14. The summed E-state index contributed by atoms with van der Waals surface area (Å²) in [6, 6.07) is 2.35. The lowest BCUT2D eigenvalue weighted by atomic mass is 10.4. The minimum Gasteiger partial charge on any atom is -0.446 e. The average molecular weight is 168 g/mol. The molecule has 1 heterocycles. The van der Waals surface area contributed by atoms with E-state index in [0.717, 1.165) is 6.07 Å². The van der Waals surface area contributed by atoms with Crippen LogP contribution in [0, 0.1) is 4.91 Å². The maximum atomic E-state index is 10.5. The smallest absolute Gasteiger partial charge is 0.351 e. The van der Waals surface area contributed by atoms with Crippen LogP contribution in [0.1, 0.15) is 21.1 Å². The Hall–Kier alpha value is -1.98. The average Bonchev–Trinajstić information content (AvgIpc) is 2.51. The largest absolute Gasteiger partial charge is 0.446 e. The van der Waals surface area contributed by atoms with Crippen LogP contribution in [0.2, 0.25) is 0 Å². The van der Waals surface area contributed by atoms with Gasteiger partial charge in [0.15, 0.2) is 11.5 Å². The van der Waals surface area contributed by atoms with Gasteiger partial charge in [0.1, 0.15) is 0 Å². The van der Waals surface area contributed by atoms with Crippen molar-refractivity contribution in [3.8, 4) is 0 Å². The Labute approximate surface area is 66.3 Å². The molecular weight excluding hydrogens is 164 g/mol. The second-order valence-corrected chi connectivity index (χ2v) is 1.92. The zero-order chi connectivity index (χ0) is 9.14. The maximum Gasteiger partial charge on any atom is 0.351 e. The number of nitrogens with zero attached hydrogens (tertiary/aromatic N) is 1.